The van der Waals surface area contributed by atoms with Gasteiger partial charge in [-0.15, -0.1) is 12.4 Å². The first-order chi connectivity index (χ1) is 14.3. The fourth-order valence-corrected chi connectivity index (χ4v) is 3.90. The molecule has 0 aliphatic carbocycles. The molecule has 1 aliphatic heterocycles. The van der Waals surface area contributed by atoms with Crippen molar-refractivity contribution in [3.8, 4) is 16.9 Å². The summed E-state index contributed by atoms with van der Waals surface area (Å²) in [5.41, 5.74) is 6.65. The molecule has 3 aromatic rings. The summed E-state index contributed by atoms with van der Waals surface area (Å²) in [5.74, 6) is 0.258. The molecule has 0 bridgehead atoms. The van der Waals surface area contributed by atoms with Crippen molar-refractivity contribution < 1.29 is 22.7 Å². The predicted octanol–water partition coefficient (Wildman–Crippen LogP) is 5.13. The maximum atomic E-state index is 13.3. The van der Waals surface area contributed by atoms with Crippen LogP contribution in [0.2, 0.25) is 0 Å². The first-order valence-electron chi connectivity index (χ1n) is 9.61. The van der Waals surface area contributed by atoms with Gasteiger partial charge in [0.15, 0.2) is 0 Å². The van der Waals surface area contributed by atoms with Gasteiger partial charge in [0, 0.05) is 30.3 Å². The van der Waals surface area contributed by atoms with Crippen molar-refractivity contribution in [1.29, 1.82) is 0 Å². The van der Waals surface area contributed by atoms with Gasteiger partial charge in [-0.3, -0.25) is 4.79 Å². The Bertz CT molecular complexity index is 1120. The van der Waals surface area contributed by atoms with E-state index in [9.17, 15) is 18.0 Å². The first-order valence-corrected chi connectivity index (χ1v) is 9.61. The van der Waals surface area contributed by atoms with Crippen LogP contribution in [-0.2, 0) is 6.18 Å². The third-order valence-corrected chi connectivity index (χ3v) is 5.46. The molecule has 164 valence electrons. The van der Waals surface area contributed by atoms with E-state index in [1.807, 2.05) is 6.07 Å². The van der Waals surface area contributed by atoms with Crippen LogP contribution in [0.1, 0.15) is 22.3 Å². The van der Waals surface area contributed by atoms with Gasteiger partial charge < -0.3 is 15.4 Å². The number of fused-ring (bicyclic) bond motifs is 1. The van der Waals surface area contributed by atoms with Crippen LogP contribution in [0.4, 0.5) is 13.2 Å². The molecule has 0 spiro atoms. The number of hydrogen-bond donors (Lipinski definition) is 1. The standard InChI is InChI=1S/C23H21F3N2O2.ClH/c1-30-21-8-6-16(23(24,25)26)12-20(21)19-4-2-3-14-11-15(5-7-18(14)19)22(29)28-10-9-17(27)13-28;/h2-8,11-12,17H,9-10,13,27H2,1H3;1H/t17-;/m1./s1. The third kappa shape index (κ3) is 4.48. The van der Waals surface area contributed by atoms with Crippen molar-refractivity contribution in [3.63, 3.8) is 0 Å². The molecule has 4 nitrogen and oxygen atoms in total. The van der Waals surface area contributed by atoms with Gasteiger partial charge in [0.1, 0.15) is 5.75 Å². The Morgan fingerprint density at radius 1 is 1.10 bits per heavy atom. The summed E-state index contributed by atoms with van der Waals surface area (Å²) < 4.78 is 45.1. The van der Waals surface area contributed by atoms with E-state index < -0.39 is 11.7 Å². The quantitative estimate of drug-likeness (QED) is 0.602. The largest absolute Gasteiger partial charge is 0.496 e. The molecule has 0 unspecified atom stereocenters. The summed E-state index contributed by atoms with van der Waals surface area (Å²) in [6.07, 6.45) is -3.68. The van der Waals surface area contributed by atoms with Crippen LogP contribution < -0.4 is 10.5 Å². The van der Waals surface area contributed by atoms with Crippen LogP contribution in [0, 0.1) is 0 Å². The van der Waals surface area contributed by atoms with E-state index in [2.05, 4.69) is 0 Å². The molecule has 31 heavy (non-hydrogen) atoms. The van der Waals surface area contributed by atoms with Gasteiger partial charge in [-0.1, -0.05) is 24.3 Å². The van der Waals surface area contributed by atoms with E-state index in [4.69, 9.17) is 10.5 Å². The first kappa shape index (κ1) is 22.9. The van der Waals surface area contributed by atoms with Crippen LogP contribution in [0.25, 0.3) is 21.9 Å². The Balaban J connectivity index is 0.00000272. The maximum Gasteiger partial charge on any atom is 0.416 e. The van der Waals surface area contributed by atoms with Crippen molar-refractivity contribution in [3.05, 3.63) is 65.7 Å². The number of alkyl halides is 3. The number of benzene rings is 3. The average Bonchev–Trinajstić information content (AvgIpc) is 3.17. The smallest absolute Gasteiger partial charge is 0.416 e. The Kier molecular flexibility index (Phi) is 6.48. The van der Waals surface area contributed by atoms with Crippen molar-refractivity contribution in [2.75, 3.05) is 20.2 Å². The zero-order valence-corrected chi connectivity index (χ0v) is 17.6. The van der Waals surface area contributed by atoms with E-state index in [0.717, 1.165) is 29.3 Å². The van der Waals surface area contributed by atoms with Crippen molar-refractivity contribution in [2.45, 2.75) is 18.6 Å². The van der Waals surface area contributed by atoms with Gasteiger partial charge in [0.05, 0.1) is 12.7 Å². The third-order valence-electron chi connectivity index (χ3n) is 5.46. The van der Waals surface area contributed by atoms with Gasteiger partial charge in [-0.2, -0.15) is 13.2 Å². The number of ether oxygens (including phenoxy) is 1. The Morgan fingerprint density at radius 3 is 2.52 bits per heavy atom. The molecule has 2 N–H and O–H groups in total. The number of rotatable bonds is 3. The maximum absolute atomic E-state index is 13.3. The average molecular weight is 451 g/mol. The molecule has 8 heteroatoms. The van der Waals surface area contributed by atoms with Gasteiger partial charge in [-0.25, -0.2) is 0 Å². The molecule has 1 heterocycles. The molecule has 0 radical (unpaired) electrons. The Morgan fingerprint density at radius 2 is 1.87 bits per heavy atom. The molecule has 4 rings (SSSR count). The highest BCUT2D eigenvalue weighted by Gasteiger charge is 2.31. The van der Waals surface area contributed by atoms with Crippen molar-refractivity contribution in [2.24, 2.45) is 5.73 Å². The van der Waals surface area contributed by atoms with Crippen LogP contribution in [0.5, 0.6) is 5.75 Å². The van der Waals surface area contributed by atoms with E-state index in [0.29, 0.717) is 35.5 Å². The molecular formula is C23H22ClF3N2O2. The molecule has 1 fully saturated rings. The minimum atomic E-state index is -4.46. The van der Waals surface area contributed by atoms with E-state index in [1.165, 1.54) is 13.2 Å². The summed E-state index contributed by atoms with van der Waals surface area (Å²) >= 11 is 0. The lowest BCUT2D eigenvalue weighted by Gasteiger charge is -2.17. The molecule has 1 amide bonds. The number of halogens is 4. The fourth-order valence-electron chi connectivity index (χ4n) is 3.90. The summed E-state index contributed by atoms with van der Waals surface area (Å²) in [4.78, 5) is 14.5. The number of carbonyl (C=O) groups is 1. The lowest BCUT2D eigenvalue weighted by molar-refractivity contribution is -0.137. The Hall–Kier alpha value is -2.77. The molecule has 0 saturated carbocycles. The van der Waals surface area contributed by atoms with Crippen LogP contribution >= 0.6 is 12.4 Å². The van der Waals surface area contributed by atoms with Crippen molar-refractivity contribution >= 4 is 29.1 Å². The van der Waals surface area contributed by atoms with Crippen LogP contribution in [0.3, 0.4) is 0 Å². The predicted molar refractivity (Wildman–Crippen MR) is 117 cm³/mol. The Labute approximate surface area is 184 Å². The molecule has 1 atom stereocenters. The second kappa shape index (κ2) is 8.77. The van der Waals surface area contributed by atoms with Crippen LogP contribution in [-0.4, -0.2) is 37.0 Å². The number of methoxy groups -OCH3 is 1. The molecule has 0 aromatic heterocycles. The van der Waals surface area contributed by atoms with E-state index in [1.54, 1.807) is 35.2 Å². The minimum Gasteiger partial charge on any atom is -0.496 e. The topological polar surface area (TPSA) is 55.6 Å². The summed E-state index contributed by atoms with van der Waals surface area (Å²) in [6.45, 7) is 1.15. The van der Waals surface area contributed by atoms with Gasteiger partial charge in [0.2, 0.25) is 0 Å². The summed E-state index contributed by atoms with van der Waals surface area (Å²) in [7, 11) is 1.43. The zero-order chi connectivity index (χ0) is 21.5. The highest BCUT2D eigenvalue weighted by molar-refractivity contribution is 6.03. The minimum absolute atomic E-state index is 0. The molecular weight excluding hydrogens is 429 g/mol. The van der Waals surface area contributed by atoms with Crippen molar-refractivity contribution in [1.82, 2.24) is 4.90 Å². The number of hydrogen-bond acceptors (Lipinski definition) is 3. The fraction of sp³-hybridized carbons (Fsp3) is 0.261. The molecule has 1 aliphatic rings. The highest BCUT2D eigenvalue weighted by atomic mass is 35.5. The number of nitrogens with zero attached hydrogens (tertiary/aromatic N) is 1. The van der Waals surface area contributed by atoms with Gasteiger partial charge in [-0.05, 0) is 53.1 Å². The highest BCUT2D eigenvalue weighted by Crippen LogP contribution is 2.39. The second-order valence-corrected chi connectivity index (χ2v) is 7.45. The SMILES string of the molecule is COc1ccc(C(F)(F)F)cc1-c1cccc2cc(C(=O)N3CC[C@@H](N)C3)ccc12.Cl. The zero-order valence-electron chi connectivity index (χ0n) is 16.8. The van der Waals surface area contributed by atoms with Gasteiger partial charge in [0.25, 0.3) is 5.91 Å². The van der Waals surface area contributed by atoms with E-state index in [-0.39, 0.29) is 24.4 Å². The monoisotopic (exact) mass is 450 g/mol. The number of nitrogens with two attached hydrogens (primary N) is 1. The van der Waals surface area contributed by atoms with Crippen LogP contribution in [0.15, 0.2) is 54.6 Å². The van der Waals surface area contributed by atoms with E-state index >= 15 is 0 Å². The second-order valence-electron chi connectivity index (χ2n) is 7.45. The normalized spacial score (nSPS) is 16.3. The lowest BCUT2D eigenvalue weighted by atomic mass is 9.95. The summed E-state index contributed by atoms with van der Waals surface area (Å²) in [5, 5.41) is 1.51. The molecule has 3 aromatic carbocycles. The molecule has 1 saturated heterocycles. The summed E-state index contributed by atoms with van der Waals surface area (Å²) in [6, 6.07) is 14.0. The lowest BCUT2D eigenvalue weighted by Crippen LogP contribution is -2.31. The number of likely N-dealkylation sites (tertiary alicyclic amines) is 1. The van der Waals surface area contributed by atoms with Gasteiger partial charge >= 0.3 is 6.18 Å². The number of amides is 1. The number of carbonyl (C=O) groups excluding carboxylic acids is 1.